The number of carbonyl (C=O) groups is 1. The molecular formula is C12H15ClN2O2. The second-order valence-corrected chi connectivity index (χ2v) is 4.66. The lowest BCUT2D eigenvalue weighted by molar-refractivity contribution is 0.0139. The Morgan fingerprint density at radius 3 is 2.76 bits per heavy atom. The number of rotatable bonds is 2. The molecule has 4 nitrogen and oxygen atoms in total. The summed E-state index contributed by atoms with van der Waals surface area (Å²) in [6.45, 7) is 1.94. The number of carbonyl (C=O) groups excluding carboxylic acids is 1. The molecule has 1 saturated heterocycles. The van der Waals surface area contributed by atoms with Gasteiger partial charge in [0.2, 0.25) is 0 Å². The number of ether oxygens (including phenoxy) is 1. The summed E-state index contributed by atoms with van der Waals surface area (Å²) in [6.07, 6.45) is 3.25. The van der Waals surface area contributed by atoms with Crippen molar-refractivity contribution in [2.75, 3.05) is 20.1 Å². The number of hydrogen-bond donors (Lipinski definition) is 0. The Balaban J connectivity index is 1.91. The van der Waals surface area contributed by atoms with E-state index in [2.05, 4.69) is 16.9 Å². The van der Waals surface area contributed by atoms with E-state index >= 15 is 0 Å². The summed E-state index contributed by atoms with van der Waals surface area (Å²) in [7, 11) is 2.07. The van der Waals surface area contributed by atoms with Crippen LogP contribution < -0.4 is 0 Å². The summed E-state index contributed by atoms with van der Waals surface area (Å²) in [5, 5.41) is 0.376. The fraction of sp³-hybridized carbons (Fsp3) is 0.500. The second-order valence-electron chi connectivity index (χ2n) is 4.28. The molecule has 0 saturated carbocycles. The van der Waals surface area contributed by atoms with Crippen molar-refractivity contribution < 1.29 is 9.53 Å². The monoisotopic (exact) mass is 254 g/mol. The third kappa shape index (κ3) is 3.41. The molecule has 92 valence electrons. The van der Waals surface area contributed by atoms with E-state index in [1.54, 1.807) is 12.1 Å². The number of halogens is 1. The first-order chi connectivity index (χ1) is 8.15. The maximum absolute atomic E-state index is 11.8. The topological polar surface area (TPSA) is 42.4 Å². The number of pyridine rings is 1. The fourth-order valence-corrected chi connectivity index (χ4v) is 1.93. The van der Waals surface area contributed by atoms with E-state index in [1.807, 2.05) is 0 Å². The van der Waals surface area contributed by atoms with Crippen LogP contribution in [0.25, 0.3) is 0 Å². The zero-order chi connectivity index (χ0) is 12.3. The van der Waals surface area contributed by atoms with E-state index in [9.17, 15) is 4.79 Å². The molecule has 1 aliphatic heterocycles. The zero-order valence-corrected chi connectivity index (χ0v) is 10.5. The van der Waals surface area contributed by atoms with Gasteiger partial charge in [-0.15, -0.1) is 0 Å². The first kappa shape index (κ1) is 12.3. The lowest BCUT2D eigenvalue weighted by Crippen LogP contribution is -2.35. The second kappa shape index (κ2) is 5.47. The van der Waals surface area contributed by atoms with Crippen LogP contribution in [0.1, 0.15) is 23.2 Å². The Bertz CT molecular complexity index is 386. The van der Waals surface area contributed by atoms with Gasteiger partial charge in [-0.25, -0.2) is 9.78 Å². The maximum atomic E-state index is 11.8. The summed E-state index contributed by atoms with van der Waals surface area (Å²) in [4.78, 5) is 17.9. The fourth-order valence-electron chi connectivity index (χ4n) is 1.82. The number of likely N-dealkylation sites (tertiary alicyclic amines) is 1. The van der Waals surface area contributed by atoms with Crippen molar-refractivity contribution in [3.05, 3.63) is 29.0 Å². The van der Waals surface area contributed by atoms with E-state index in [1.165, 1.54) is 6.20 Å². The Hall–Kier alpha value is -1.13. The molecule has 1 aromatic rings. The highest BCUT2D eigenvalue weighted by Gasteiger charge is 2.21. The normalized spacial score (nSPS) is 18.0. The Labute approximate surface area is 106 Å². The van der Waals surface area contributed by atoms with Crippen molar-refractivity contribution in [2.45, 2.75) is 18.9 Å². The lowest BCUT2D eigenvalue weighted by atomic mass is 10.1. The van der Waals surface area contributed by atoms with Gasteiger partial charge in [0.1, 0.15) is 11.3 Å². The average molecular weight is 255 g/mol. The van der Waals surface area contributed by atoms with Gasteiger partial charge in [0.15, 0.2) is 0 Å². The van der Waals surface area contributed by atoms with Crippen LogP contribution in [-0.4, -0.2) is 42.1 Å². The first-order valence-electron chi connectivity index (χ1n) is 5.66. The standard InChI is InChI=1S/C12H15ClN2O2/c1-15-6-4-10(5-7-15)17-12(16)9-2-3-11(13)14-8-9/h2-3,8,10H,4-7H2,1H3. The number of nitrogens with zero attached hydrogens (tertiary/aromatic N) is 2. The minimum absolute atomic E-state index is 0.0226. The molecule has 1 aliphatic rings. The van der Waals surface area contributed by atoms with Gasteiger partial charge in [-0.2, -0.15) is 0 Å². The molecule has 0 radical (unpaired) electrons. The quantitative estimate of drug-likeness (QED) is 0.598. The molecule has 2 rings (SSSR count). The van der Waals surface area contributed by atoms with Crippen molar-refractivity contribution in [1.29, 1.82) is 0 Å². The van der Waals surface area contributed by atoms with Gasteiger partial charge in [-0.1, -0.05) is 11.6 Å². The molecule has 0 N–H and O–H groups in total. The number of aromatic nitrogens is 1. The number of piperidine rings is 1. The third-order valence-corrected chi connectivity index (χ3v) is 3.13. The minimum Gasteiger partial charge on any atom is -0.459 e. The van der Waals surface area contributed by atoms with E-state index in [-0.39, 0.29) is 12.1 Å². The molecule has 17 heavy (non-hydrogen) atoms. The Morgan fingerprint density at radius 2 is 2.18 bits per heavy atom. The minimum atomic E-state index is -0.316. The highest BCUT2D eigenvalue weighted by Crippen LogP contribution is 2.15. The highest BCUT2D eigenvalue weighted by atomic mass is 35.5. The summed E-state index contributed by atoms with van der Waals surface area (Å²) in [6, 6.07) is 3.22. The van der Waals surface area contributed by atoms with E-state index < -0.39 is 0 Å². The zero-order valence-electron chi connectivity index (χ0n) is 9.73. The van der Waals surface area contributed by atoms with Gasteiger partial charge in [0.05, 0.1) is 5.56 Å². The molecule has 0 aliphatic carbocycles. The SMILES string of the molecule is CN1CCC(OC(=O)c2ccc(Cl)nc2)CC1. The Morgan fingerprint density at radius 1 is 1.47 bits per heavy atom. The number of esters is 1. The largest absolute Gasteiger partial charge is 0.459 e. The van der Waals surface area contributed by atoms with Crippen LogP contribution in [0.5, 0.6) is 0 Å². The highest BCUT2D eigenvalue weighted by molar-refractivity contribution is 6.29. The molecule has 0 aromatic carbocycles. The van der Waals surface area contributed by atoms with Crippen LogP contribution in [0.3, 0.4) is 0 Å². The molecule has 0 spiro atoms. The van der Waals surface area contributed by atoms with Crippen molar-refractivity contribution >= 4 is 17.6 Å². The van der Waals surface area contributed by atoms with Gasteiger partial charge < -0.3 is 9.64 Å². The maximum Gasteiger partial charge on any atom is 0.339 e. The summed E-state index contributed by atoms with van der Waals surface area (Å²) >= 11 is 5.66. The smallest absolute Gasteiger partial charge is 0.339 e. The van der Waals surface area contributed by atoms with Crippen LogP contribution in [-0.2, 0) is 4.74 Å². The summed E-state index contributed by atoms with van der Waals surface area (Å²) < 4.78 is 5.42. The summed E-state index contributed by atoms with van der Waals surface area (Å²) in [5.74, 6) is -0.316. The van der Waals surface area contributed by atoms with Gasteiger partial charge in [-0.05, 0) is 32.0 Å². The van der Waals surface area contributed by atoms with Crippen LogP contribution in [0.15, 0.2) is 18.3 Å². The van der Waals surface area contributed by atoms with Crippen LogP contribution in [0.4, 0.5) is 0 Å². The molecule has 5 heteroatoms. The van der Waals surface area contributed by atoms with Crippen molar-refractivity contribution in [3.63, 3.8) is 0 Å². The molecule has 0 atom stereocenters. The van der Waals surface area contributed by atoms with Gasteiger partial charge in [0.25, 0.3) is 0 Å². The molecular weight excluding hydrogens is 240 g/mol. The summed E-state index contributed by atoms with van der Waals surface area (Å²) in [5.41, 5.74) is 0.452. The van der Waals surface area contributed by atoms with Crippen LogP contribution in [0, 0.1) is 0 Å². The first-order valence-corrected chi connectivity index (χ1v) is 6.04. The van der Waals surface area contributed by atoms with Crippen molar-refractivity contribution in [2.24, 2.45) is 0 Å². The van der Waals surface area contributed by atoms with Crippen molar-refractivity contribution in [3.8, 4) is 0 Å². The van der Waals surface area contributed by atoms with E-state index in [0.29, 0.717) is 10.7 Å². The van der Waals surface area contributed by atoms with E-state index in [0.717, 1.165) is 25.9 Å². The third-order valence-electron chi connectivity index (χ3n) is 2.90. The predicted octanol–water partition coefficient (Wildman–Crippen LogP) is 1.99. The predicted molar refractivity (Wildman–Crippen MR) is 65.2 cm³/mol. The molecule has 1 aromatic heterocycles. The lowest BCUT2D eigenvalue weighted by Gasteiger charge is -2.28. The number of hydrogen-bond acceptors (Lipinski definition) is 4. The van der Waals surface area contributed by atoms with Gasteiger partial charge >= 0.3 is 5.97 Å². The van der Waals surface area contributed by atoms with Crippen LogP contribution >= 0.6 is 11.6 Å². The van der Waals surface area contributed by atoms with Crippen molar-refractivity contribution in [1.82, 2.24) is 9.88 Å². The van der Waals surface area contributed by atoms with Gasteiger partial charge in [-0.3, -0.25) is 0 Å². The molecule has 0 unspecified atom stereocenters. The molecule has 0 bridgehead atoms. The molecule has 2 heterocycles. The van der Waals surface area contributed by atoms with E-state index in [4.69, 9.17) is 16.3 Å². The molecule has 0 amide bonds. The van der Waals surface area contributed by atoms with Gasteiger partial charge in [0, 0.05) is 19.3 Å². The molecule has 1 fully saturated rings. The average Bonchev–Trinajstić information content (AvgIpc) is 2.33. The van der Waals surface area contributed by atoms with Crippen LogP contribution in [0.2, 0.25) is 5.15 Å². The Kier molecular flexibility index (Phi) is 3.97.